The fourth-order valence-electron chi connectivity index (χ4n) is 0.467. The first kappa shape index (κ1) is 8.48. The van der Waals surface area contributed by atoms with Crippen molar-refractivity contribution in [3.8, 4) is 11.8 Å². The molecule has 0 aromatic rings. The SMILES string of the molecule is CCC(C#CCO)CO. The van der Waals surface area contributed by atoms with Crippen molar-refractivity contribution in [2.75, 3.05) is 13.2 Å². The van der Waals surface area contributed by atoms with Crippen molar-refractivity contribution >= 4 is 0 Å². The molecule has 0 aliphatic rings. The van der Waals surface area contributed by atoms with E-state index in [2.05, 4.69) is 11.8 Å². The second-order valence-electron chi connectivity index (χ2n) is 1.77. The van der Waals surface area contributed by atoms with Crippen molar-refractivity contribution in [3.05, 3.63) is 0 Å². The third kappa shape index (κ3) is 4.01. The minimum absolute atomic E-state index is 0.0390. The molecule has 52 valence electrons. The summed E-state index contributed by atoms with van der Waals surface area (Å²) in [5, 5.41) is 16.8. The van der Waals surface area contributed by atoms with Crippen LogP contribution < -0.4 is 0 Å². The molecule has 0 aliphatic carbocycles. The molecule has 0 amide bonds. The lowest BCUT2D eigenvalue weighted by atomic mass is 10.1. The van der Waals surface area contributed by atoms with Gasteiger partial charge in [0.2, 0.25) is 0 Å². The normalized spacial score (nSPS) is 11.9. The van der Waals surface area contributed by atoms with Gasteiger partial charge in [-0.05, 0) is 6.42 Å². The molecule has 0 heterocycles. The van der Waals surface area contributed by atoms with Crippen LogP contribution >= 0.6 is 0 Å². The molecule has 0 bridgehead atoms. The lowest BCUT2D eigenvalue weighted by molar-refractivity contribution is 0.254. The van der Waals surface area contributed by atoms with Gasteiger partial charge in [0, 0.05) is 5.92 Å². The molecular weight excluding hydrogens is 116 g/mol. The Morgan fingerprint density at radius 3 is 2.44 bits per heavy atom. The zero-order chi connectivity index (χ0) is 7.11. The summed E-state index contributed by atoms with van der Waals surface area (Å²) >= 11 is 0. The standard InChI is InChI=1S/C7H12O2/c1-2-7(6-9)4-3-5-8/h7-9H,2,5-6H2,1H3. The molecule has 1 unspecified atom stereocenters. The van der Waals surface area contributed by atoms with E-state index < -0.39 is 0 Å². The van der Waals surface area contributed by atoms with E-state index in [0.717, 1.165) is 6.42 Å². The van der Waals surface area contributed by atoms with E-state index >= 15 is 0 Å². The second-order valence-corrected chi connectivity index (χ2v) is 1.77. The van der Waals surface area contributed by atoms with Gasteiger partial charge in [0.05, 0.1) is 6.61 Å². The van der Waals surface area contributed by atoms with E-state index in [9.17, 15) is 0 Å². The summed E-state index contributed by atoms with van der Waals surface area (Å²) in [6.45, 7) is 1.92. The van der Waals surface area contributed by atoms with Crippen LogP contribution in [0.1, 0.15) is 13.3 Å². The van der Waals surface area contributed by atoms with E-state index in [-0.39, 0.29) is 19.1 Å². The van der Waals surface area contributed by atoms with Gasteiger partial charge in [-0.2, -0.15) is 0 Å². The molecule has 0 saturated carbocycles. The molecule has 0 aliphatic heterocycles. The first-order valence-corrected chi connectivity index (χ1v) is 3.05. The number of hydrogen-bond donors (Lipinski definition) is 2. The fraction of sp³-hybridized carbons (Fsp3) is 0.714. The Hall–Kier alpha value is -0.520. The minimum atomic E-state index is -0.115. The monoisotopic (exact) mass is 128 g/mol. The highest BCUT2D eigenvalue weighted by atomic mass is 16.3. The zero-order valence-electron chi connectivity index (χ0n) is 5.59. The Morgan fingerprint density at radius 2 is 2.11 bits per heavy atom. The molecule has 0 aromatic carbocycles. The van der Waals surface area contributed by atoms with Gasteiger partial charge in [0.25, 0.3) is 0 Å². The molecule has 0 saturated heterocycles. The molecule has 0 fully saturated rings. The van der Waals surface area contributed by atoms with Gasteiger partial charge in [-0.25, -0.2) is 0 Å². The third-order valence-electron chi connectivity index (χ3n) is 1.10. The Kier molecular flexibility index (Phi) is 5.29. The van der Waals surface area contributed by atoms with E-state index in [1.54, 1.807) is 0 Å². The smallest absolute Gasteiger partial charge is 0.104 e. The number of hydrogen-bond acceptors (Lipinski definition) is 2. The van der Waals surface area contributed by atoms with Crippen molar-refractivity contribution in [2.45, 2.75) is 13.3 Å². The highest BCUT2D eigenvalue weighted by molar-refractivity contribution is 5.03. The molecule has 0 aromatic heterocycles. The number of aliphatic hydroxyl groups excluding tert-OH is 2. The summed E-state index contributed by atoms with van der Waals surface area (Å²) in [5.41, 5.74) is 0. The molecule has 2 nitrogen and oxygen atoms in total. The maximum absolute atomic E-state index is 8.57. The first-order chi connectivity index (χ1) is 4.35. The van der Waals surface area contributed by atoms with Crippen LogP contribution in [0.4, 0.5) is 0 Å². The van der Waals surface area contributed by atoms with Gasteiger partial charge in [-0.15, -0.1) is 0 Å². The van der Waals surface area contributed by atoms with E-state index in [0.29, 0.717) is 0 Å². The van der Waals surface area contributed by atoms with E-state index in [1.165, 1.54) is 0 Å². The minimum Gasteiger partial charge on any atom is -0.395 e. The van der Waals surface area contributed by atoms with E-state index in [1.807, 2.05) is 6.92 Å². The van der Waals surface area contributed by atoms with Crippen molar-refractivity contribution < 1.29 is 10.2 Å². The van der Waals surface area contributed by atoms with Crippen LogP contribution in [0.15, 0.2) is 0 Å². The molecule has 9 heavy (non-hydrogen) atoms. The molecule has 2 N–H and O–H groups in total. The van der Waals surface area contributed by atoms with Crippen molar-refractivity contribution in [1.29, 1.82) is 0 Å². The molecule has 0 spiro atoms. The number of rotatable bonds is 2. The summed E-state index contributed by atoms with van der Waals surface area (Å²) in [4.78, 5) is 0. The maximum Gasteiger partial charge on any atom is 0.104 e. The van der Waals surface area contributed by atoms with Crippen LogP contribution in [0.5, 0.6) is 0 Å². The van der Waals surface area contributed by atoms with Gasteiger partial charge in [0.15, 0.2) is 0 Å². The van der Waals surface area contributed by atoms with Crippen LogP contribution in [0.3, 0.4) is 0 Å². The van der Waals surface area contributed by atoms with Gasteiger partial charge in [-0.1, -0.05) is 18.8 Å². The molecular formula is C7H12O2. The summed E-state index contributed by atoms with van der Waals surface area (Å²) in [6.07, 6.45) is 0.837. The average molecular weight is 128 g/mol. The Bertz CT molecular complexity index is 106. The second kappa shape index (κ2) is 5.61. The lowest BCUT2D eigenvalue weighted by Crippen LogP contribution is -2.00. The Labute approximate surface area is 55.5 Å². The summed E-state index contributed by atoms with van der Waals surface area (Å²) in [5.74, 6) is 5.25. The summed E-state index contributed by atoms with van der Waals surface area (Å²) in [6, 6.07) is 0. The largest absolute Gasteiger partial charge is 0.395 e. The highest BCUT2D eigenvalue weighted by Crippen LogP contribution is 1.96. The lowest BCUT2D eigenvalue weighted by Gasteiger charge is -1.98. The molecule has 2 heteroatoms. The Morgan fingerprint density at radius 1 is 1.44 bits per heavy atom. The topological polar surface area (TPSA) is 40.5 Å². The predicted molar refractivity (Wildman–Crippen MR) is 35.7 cm³/mol. The zero-order valence-corrected chi connectivity index (χ0v) is 5.59. The van der Waals surface area contributed by atoms with Crippen molar-refractivity contribution in [1.82, 2.24) is 0 Å². The molecule has 0 rings (SSSR count). The first-order valence-electron chi connectivity index (χ1n) is 3.05. The van der Waals surface area contributed by atoms with Crippen LogP contribution in [0.2, 0.25) is 0 Å². The molecule has 1 atom stereocenters. The Balaban J connectivity index is 3.54. The van der Waals surface area contributed by atoms with Crippen molar-refractivity contribution in [3.63, 3.8) is 0 Å². The predicted octanol–water partition coefficient (Wildman–Crippen LogP) is 0.000600. The van der Waals surface area contributed by atoms with Gasteiger partial charge >= 0.3 is 0 Å². The van der Waals surface area contributed by atoms with Crippen LogP contribution in [-0.4, -0.2) is 23.4 Å². The fourth-order valence-corrected chi connectivity index (χ4v) is 0.467. The van der Waals surface area contributed by atoms with Crippen LogP contribution in [0.25, 0.3) is 0 Å². The maximum atomic E-state index is 8.57. The third-order valence-corrected chi connectivity index (χ3v) is 1.10. The summed E-state index contributed by atoms with van der Waals surface area (Å²) in [7, 11) is 0. The summed E-state index contributed by atoms with van der Waals surface area (Å²) < 4.78 is 0. The van der Waals surface area contributed by atoms with Gasteiger partial charge in [0.1, 0.15) is 6.61 Å². The van der Waals surface area contributed by atoms with Gasteiger partial charge < -0.3 is 10.2 Å². The highest BCUT2D eigenvalue weighted by Gasteiger charge is 1.95. The average Bonchev–Trinajstić information content (AvgIpc) is 1.91. The van der Waals surface area contributed by atoms with Crippen LogP contribution in [0, 0.1) is 17.8 Å². The van der Waals surface area contributed by atoms with Crippen molar-refractivity contribution in [2.24, 2.45) is 5.92 Å². The van der Waals surface area contributed by atoms with Gasteiger partial charge in [-0.3, -0.25) is 0 Å². The number of aliphatic hydroxyl groups is 2. The van der Waals surface area contributed by atoms with E-state index in [4.69, 9.17) is 10.2 Å². The molecule has 0 radical (unpaired) electrons. The van der Waals surface area contributed by atoms with Crippen LogP contribution in [-0.2, 0) is 0 Å². The quantitative estimate of drug-likeness (QED) is 0.514.